The fraction of sp³-hybridized carbons (Fsp3) is 0.143. The molecule has 0 aromatic heterocycles. The summed E-state index contributed by atoms with van der Waals surface area (Å²) >= 11 is 4.77. The minimum atomic E-state index is 1.000. The van der Waals surface area contributed by atoms with Gasteiger partial charge in [0, 0.05) is 7.14 Å². The van der Waals surface area contributed by atoms with Gasteiger partial charge < -0.3 is 0 Å². The Balaban J connectivity index is 1.82. The minimum Gasteiger partial charge on any atom is -0.280 e. The molecule has 4 rings (SSSR count). The highest BCUT2D eigenvalue weighted by Crippen LogP contribution is 2.43. The summed E-state index contributed by atoms with van der Waals surface area (Å²) in [6, 6.07) is 13.5. The molecule has 0 amide bonds. The predicted molar refractivity (Wildman–Crippen MR) is 90.7 cm³/mol. The molecule has 4 heteroatoms. The zero-order valence-electron chi connectivity index (χ0n) is 9.53. The fourth-order valence-corrected chi connectivity index (χ4v) is 3.90. The molecule has 2 aromatic rings. The lowest BCUT2D eigenvalue weighted by molar-refractivity contribution is 0.818. The summed E-state index contributed by atoms with van der Waals surface area (Å²) in [6.07, 6.45) is 0. The molecule has 2 aliphatic heterocycles. The smallest absolute Gasteiger partial charge is 0.0668 e. The molecule has 18 heavy (non-hydrogen) atoms. The first kappa shape index (κ1) is 11.3. The van der Waals surface area contributed by atoms with Crippen LogP contribution in [0.1, 0.15) is 11.1 Å². The predicted octanol–water partition coefficient (Wildman–Crippen LogP) is 4.15. The lowest BCUT2D eigenvalue weighted by Gasteiger charge is -2.23. The zero-order valence-corrected chi connectivity index (χ0v) is 13.8. The van der Waals surface area contributed by atoms with Crippen molar-refractivity contribution in [3.05, 3.63) is 54.7 Å². The van der Waals surface area contributed by atoms with Crippen molar-refractivity contribution in [3.63, 3.8) is 0 Å². The molecule has 0 unspecified atom stereocenters. The molecule has 2 nitrogen and oxygen atoms in total. The van der Waals surface area contributed by atoms with E-state index in [2.05, 4.69) is 91.6 Å². The van der Waals surface area contributed by atoms with E-state index in [1.807, 2.05) is 0 Å². The summed E-state index contributed by atoms with van der Waals surface area (Å²) in [7, 11) is 0. The van der Waals surface area contributed by atoms with Gasteiger partial charge >= 0.3 is 0 Å². The van der Waals surface area contributed by atoms with Crippen LogP contribution in [0.2, 0.25) is 0 Å². The summed E-state index contributed by atoms with van der Waals surface area (Å²) in [6.45, 7) is 2.00. The molecule has 2 aromatic carbocycles. The molecular formula is C14H10I2N2. The lowest BCUT2D eigenvalue weighted by atomic mass is 10.1. The molecule has 0 aliphatic carbocycles. The van der Waals surface area contributed by atoms with E-state index in [0.29, 0.717) is 0 Å². The van der Waals surface area contributed by atoms with E-state index in [9.17, 15) is 0 Å². The minimum absolute atomic E-state index is 1.000. The van der Waals surface area contributed by atoms with Gasteiger partial charge in [0.15, 0.2) is 0 Å². The average molecular weight is 460 g/mol. The van der Waals surface area contributed by atoms with Crippen LogP contribution in [0.15, 0.2) is 36.4 Å². The van der Waals surface area contributed by atoms with Crippen molar-refractivity contribution in [2.45, 2.75) is 13.1 Å². The number of hydrogen-bond donors (Lipinski definition) is 0. The van der Waals surface area contributed by atoms with Crippen molar-refractivity contribution >= 4 is 56.6 Å². The molecule has 0 fully saturated rings. The van der Waals surface area contributed by atoms with E-state index in [-0.39, 0.29) is 0 Å². The van der Waals surface area contributed by atoms with E-state index in [1.54, 1.807) is 0 Å². The van der Waals surface area contributed by atoms with Crippen LogP contribution in [0.4, 0.5) is 11.4 Å². The SMILES string of the molecule is Ic1ccc2c(c1)CN1c3ccc(I)cc3CN21. The van der Waals surface area contributed by atoms with Crippen molar-refractivity contribution < 1.29 is 0 Å². The van der Waals surface area contributed by atoms with Crippen molar-refractivity contribution in [1.82, 2.24) is 0 Å². The summed E-state index contributed by atoms with van der Waals surface area (Å²) in [5, 5.41) is 4.79. The molecule has 2 heterocycles. The molecule has 2 aliphatic rings. The molecule has 0 radical (unpaired) electrons. The first-order valence-electron chi connectivity index (χ1n) is 5.84. The van der Waals surface area contributed by atoms with E-state index >= 15 is 0 Å². The molecule has 0 atom stereocenters. The van der Waals surface area contributed by atoms with Crippen LogP contribution >= 0.6 is 45.2 Å². The van der Waals surface area contributed by atoms with Crippen molar-refractivity contribution in [3.8, 4) is 0 Å². The largest absolute Gasteiger partial charge is 0.280 e. The van der Waals surface area contributed by atoms with Gasteiger partial charge in [-0.3, -0.25) is 10.0 Å². The van der Waals surface area contributed by atoms with E-state index in [0.717, 1.165) is 13.1 Å². The monoisotopic (exact) mass is 460 g/mol. The number of rotatable bonds is 0. The number of halogens is 2. The first-order valence-corrected chi connectivity index (χ1v) is 8.00. The third kappa shape index (κ3) is 1.57. The average Bonchev–Trinajstić information content (AvgIpc) is 2.83. The molecule has 0 saturated carbocycles. The van der Waals surface area contributed by atoms with Crippen molar-refractivity contribution in [2.75, 3.05) is 10.0 Å². The fourth-order valence-electron chi connectivity index (χ4n) is 2.79. The number of anilines is 2. The van der Waals surface area contributed by atoms with Gasteiger partial charge in [0.05, 0.1) is 24.5 Å². The van der Waals surface area contributed by atoms with E-state index in [4.69, 9.17) is 0 Å². The standard InChI is InChI=1S/C14H10I2N2/c15-11-1-3-13-9(5-11)7-18-14-4-2-12(16)6-10(14)8-17(13)18/h1-6H,7-8H2. The molecule has 0 N–H and O–H groups in total. The quantitative estimate of drug-likeness (QED) is 0.546. The summed E-state index contributed by atoms with van der Waals surface area (Å²) in [5.74, 6) is 0. The van der Waals surface area contributed by atoms with Gasteiger partial charge in [-0.2, -0.15) is 0 Å². The Hall–Kier alpha value is -0.500. The van der Waals surface area contributed by atoms with Crippen LogP contribution in [0, 0.1) is 7.14 Å². The highest BCUT2D eigenvalue weighted by Gasteiger charge is 2.34. The van der Waals surface area contributed by atoms with Crippen LogP contribution in [-0.2, 0) is 13.1 Å². The van der Waals surface area contributed by atoms with E-state index in [1.165, 1.54) is 29.6 Å². The number of hydrazine groups is 1. The van der Waals surface area contributed by atoms with Gasteiger partial charge in [-0.15, -0.1) is 0 Å². The molecule has 0 spiro atoms. The zero-order chi connectivity index (χ0) is 12.3. The second kappa shape index (κ2) is 4.00. The van der Waals surface area contributed by atoms with Gasteiger partial charge in [0.25, 0.3) is 0 Å². The Morgan fingerprint density at radius 1 is 0.722 bits per heavy atom. The maximum absolute atomic E-state index is 2.40. The third-order valence-corrected chi connectivity index (χ3v) is 4.91. The summed E-state index contributed by atoms with van der Waals surface area (Å²) in [4.78, 5) is 0. The van der Waals surface area contributed by atoms with Crippen LogP contribution in [0.25, 0.3) is 0 Å². The van der Waals surface area contributed by atoms with Gasteiger partial charge in [0.1, 0.15) is 0 Å². The second-order valence-electron chi connectivity index (χ2n) is 4.66. The van der Waals surface area contributed by atoms with Crippen LogP contribution in [0.3, 0.4) is 0 Å². The molecule has 0 saturated heterocycles. The summed E-state index contributed by atoms with van der Waals surface area (Å²) < 4.78 is 2.63. The third-order valence-electron chi connectivity index (χ3n) is 3.57. The Morgan fingerprint density at radius 2 is 1.17 bits per heavy atom. The normalized spacial score (nSPS) is 15.7. The Labute approximate surface area is 133 Å². The molecule has 0 bridgehead atoms. The van der Waals surface area contributed by atoms with Crippen molar-refractivity contribution in [2.24, 2.45) is 0 Å². The number of benzene rings is 2. The van der Waals surface area contributed by atoms with Gasteiger partial charge in [0.2, 0.25) is 0 Å². The van der Waals surface area contributed by atoms with E-state index < -0.39 is 0 Å². The topological polar surface area (TPSA) is 6.48 Å². The molecule has 90 valence electrons. The first-order chi connectivity index (χ1) is 8.72. The van der Waals surface area contributed by atoms with Crippen LogP contribution in [-0.4, -0.2) is 0 Å². The number of nitrogens with zero attached hydrogens (tertiary/aromatic N) is 2. The van der Waals surface area contributed by atoms with Gasteiger partial charge in [-0.25, -0.2) is 0 Å². The molecular weight excluding hydrogens is 450 g/mol. The van der Waals surface area contributed by atoms with Gasteiger partial charge in [-0.05, 0) is 92.7 Å². The number of hydrogen-bond acceptors (Lipinski definition) is 2. The van der Waals surface area contributed by atoms with Crippen molar-refractivity contribution in [1.29, 1.82) is 0 Å². The maximum atomic E-state index is 2.40. The maximum Gasteiger partial charge on any atom is 0.0668 e. The highest BCUT2D eigenvalue weighted by atomic mass is 127. The highest BCUT2D eigenvalue weighted by molar-refractivity contribution is 14.1. The Morgan fingerprint density at radius 3 is 1.61 bits per heavy atom. The summed E-state index contributed by atoms with van der Waals surface area (Å²) in [5.41, 5.74) is 5.60. The second-order valence-corrected chi connectivity index (χ2v) is 7.15. The Bertz CT molecular complexity index is 597. The van der Waals surface area contributed by atoms with Crippen LogP contribution in [0.5, 0.6) is 0 Å². The number of fused-ring (bicyclic) bond motifs is 5. The van der Waals surface area contributed by atoms with Gasteiger partial charge in [-0.1, -0.05) is 0 Å². The Kier molecular flexibility index (Phi) is 2.52. The lowest BCUT2D eigenvalue weighted by Crippen LogP contribution is -2.30. The van der Waals surface area contributed by atoms with Crippen LogP contribution < -0.4 is 10.0 Å².